The number of rotatable bonds is 5. The molecule has 30 heavy (non-hydrogen) atoms. The maximum Gasteiger partial charge on any atom is 0.267 e. The summed E-state index contributed by atoms with van der Waals surface area (Å²) in [4.78, 5) is 33.0. The van der Waals surface area contributed by atoms with E-state index in [4.69, 9.17) is 4.74 Å². The van der Waals surface area contributed by atoms with Gasteiger partial charge in [0.2, 0.25) is 5.91 Å². The van der Waals surface area contributed by atoms with Gasteiger partial charge >= 0.3 is 0 Å². The van der Waals surface area contributed by atoms with Gasteiger partial charge in [-0.3, -0.25) is 14.6 Å². The van der Waals surface area contributed by atoms with Gasteiger partial charge in [0.1, 0.15) is 12.3 Å². The molecule has 1 saturated heterocycles. The normalized spacial score (nSPS) is 13.9. The highest BCUT2D eigenvalue weighted by Gasteiger charge is 2.22. The van der Waals surface area contributed by atoms with Crippen molar-refractivity contribution in [2.75, 3.05) is 38.2 Å². The van der Waals surface area contributed by atoms with Crippen molar-refractivity contribution in [3.8, 4) is 17.0 Å². The number of carbonyl (C=O) groups excluding carboxylic acids is 1. The van der Waals surface area contributed by atoms with Crippen molar-refractivity contribution >= 4 is 11.6 Å². The van der Waals surface area contributed by atoms with Crippen molar-refractivity contribution in [2.24, 2.45) is 0 Å². The fourth-order valence-electron chi connectivity index (χ4n) is 3.49. The molecule has 154 valence electrons. The van der Waals surface area contributed by atoms with Crippen LogP contribution >= 0.6 is 0 Å². The van der Waals surface area contributed by atoms with Crippen molar-refractivity contribution < 1.29 is 9.53 Å². The second-order valence-corrected chi connectivity index (χ2v) is 7.02. The van der Waals surface area contributed by atoms with E-state index in [-0.39, 0.29) is 18.0 Å². The molecule has 3 heterocycles. The number of nitrogens with zero attached hydrogens (tertiary/aromatic N) is 5. The Labute approximate surface area is 174 Å². The highest BCUT2D eigenvalue weighted by molar-refractivity contribution is 5.76. The summed E-state index contributed by atoms with van der Waals surface area (Å²) in [7, 11) is 1.65. The number of aromatic nitrogens is 3. The van der Waals surface area contributed by atoms with Gasteiger partial charge < -0.3 is 14.5 Å². The maximum atomic E-state index is 12.8. The molecular weight excluding hydrogens is 382 g/mol. The topological polar surface area (TPSA) is 80.6 Å². The molecule has 1 aliphatic rings. The third-order valence-corrected chi connectivity index (χ3v) is 5.18. The number of amides is 1. The van der Waals surface area contributed by atoms with Gasteiger partial charge in [-0.05, 0) is 30.3 Å². The monoisotopic (exact) mass is 405 g/mol. The van der Waals surface area contributed by atoms with Crippen LogP contribution in [0.3, 0.4) is 0 Å². The van der Waals surface area contributed by atoms with Gasteiger partial charge in [-0.25, -0.2) is 4.68 Å². The van der Waals surface area contributed by atoms with Crippen LogP contribution in [0.25, 0.3) is 11.3 Å². The summed E-state index contributed by atoms with van der Waals surface area (Å²) >= 11 is 0. The van der Waals surface area contributed by atoms with E-state index in [0.29, 0.717) is 18.8 Å². The molecule has 4 rings (SSSR count). The van der Waals surface area contributed by atoms with Gasteiger partial charge in [0, 0.05) is 62.0 Å². The summed E-state index contributed by atoms with van der Waals surface area (Å²) in [5, 5.41) is 4.36. The molecule has 0 spiro atoms. The number of pyridine rings is 1. The Kier molecular flexibility index (Phi) is 5.74. The van der Waals surface area contributed by atoms with E-state index in [1.165, 1.54) is 10.7 Å². The number of carbonyl (C=O) groups is 1. The summed E-state index contributed by atoms with van der Waals surface area (Å²) in [5.41, 5.74) is 2.26. The summed E-state index contributed by atoms with van der Waals surface area (Å²) < 4.78 is 6.52. The predicted octanol–water partition coefficient (Wildman–Crippen LogP) is 1.66. The van der Waals surface area contributed by atoms with Crippen molar-refractivity contribution in [1.29, 1.82) is 0 Å². The third-order valence-electron chi connectivity index (χ3n) is 5.18. The molecule has 1 fully saturated rings. The number of methoxy groups -OCH3 is 1. The molecule has 8 nitrogen and oxygen atoms in total. The summed E-state index contributed by atoms with van der Waals surface area (Å²) in [6.45, 7) is 2.55. The van der Waals surface area contributed by atoms with E-state index < -0.39 is 0 Å². The first-order valence-electron chi connectivity index (χ1n) is 9.79. The van der Waals surface area contributed by atoms with E-state index in [0.717, 1.165) is 30.1 Å². The van der Waals surface area contributed by atoms with Crippen LogP contribution in [0.1, 0.15) is 0 Å². The van der Waals surface area contributed by atoms with E-state index in [9.17, 15) is 9.59 Å². The smallest absolute Gasteiger partial charge is 0.267 e. The van der Waals surface area contributed by atoms with Crippen molar-refractivity contribution in [2.45, 2.75) is 6.54 Å². The molecule has 0 N–H and O–H groups in total. The third kappa shape index (κ3) is 4.32. The zero-order valence-electron chi connectivity index (χ0n) is 16.8. The fraction of sp³-hybridized carbons (Fsp3) is 0.273. The number of anilines is 1. The first-order chi connectivity index (χ1) is 14.6. The van der Waals surface area contributed by atoms with Crippen LogP contribution in [0.2, 0.25) is 0 Å². The highest BCUT2D eigenvalue weighted by Crippen LogP contribution is 2.22. The van der Waals surface area contributed by atoms with Crippen LogP contribution in [0.5, 0.6) is 5.75 Å². The lowest BCUT2D eigenvalue weighted by molar-refractivity contribution is -0.132. The van der Waals surface area contributed by atoms with Crippen molar-refractivity contribution in [3.63, 3.8) is 0 Å². The van der Waals surface area contributed by atoms with Crippen LogP contribution < -0.4 is 15.2 Å². The molecule has 0 aliphatic carbocycles. The lowest BCUT2D eigenvalue weighted by Crippen LogP contribution is -2.50. The highest BCUT2D eigenvalue weighted by atomic mass is 16.5. The second kappa shape index (κ2) is 8.77. The zero-order valence-corrected chi connectivity index (χ0v) is 16.8. The van der Waals surface area contributed by atoms with Gasteiger partial charge in [0.05, 0.1) is 12.8 Å². The first kappa shape index (κ1) is 19.6. The molecule has 0 saturated carbocycles. The molecule has 2 aromatic heterocycles. The lowest BCUT2D eigenvalue weighted by Gasteiger charge is -2.36. The van der Waals surface area contributed by atoms with Crippen LogP contribution in [0, 0.1) is 0 Å². The number of piperazine rings is 1. The van der Waals surface area contributed by atoms with Gasteiger partial charge in [-0.2, -0.15) is 5.10 Å². The lowest BCUT2D eigenvalue weighted by atomic mass is 10.2. The maximum absolute atomic E-state index is 12.8. The standard InChI is InChI=1S/C22H23N5O3/c1-30-19-4-2-3-18(15-19)25-11-13-26(14-12-25)22(29)16-27-21(28)6-5-20(24-27)17-7-9-23-10-8-17/h2-10,15H,11-14,16H2,1H3. The Morgan fingerprint density at radius 2 is 1.80 bits per heavy atom. The second-order valence-electron chi connectivity index (χ2n) is 7.02. The largest absolute Gasteiger partial charge is 0.497 e. The Balaban J connectivity index is 1.41. The van der Waals surface area contributed by atoms with E-state index in [1.807, 2.05) is 36.4 Å². The van der Waals surface area contributed by atoms with E-state index in [2.05, 4.69) is 15.0 Å². The average molecular weight is 405 g/mol. The molecule has 0 radical (unpaired) electrons. The summed E-state index contributed by atoms with van der Waals surface area (Å²) in [6.07, 6.45) is 3.33. The van der Waals surface area contributed by atoms with E-state index in [1.54, 1.807) is 30.5 Å². The summed E-state index contributed by atoms with van der Waals surface area (Å²) in [5.74, 6) is 0.701. The minimum absolute atomic E-state index is 0.0725. The number of ether oxygens (including phenoxy) is 1. The molecule has 1 amide bonds. The molecule has 3 aromatic rings. The van der Waals surface area contributed by atoms with Crippen LogP contribution in [-0.4, -0.2) is 58.9 Å². The van der Waals surface area contributed by atoms with Crippen LogP contribution in [0.4, 0.5) is 5.69 Å². The quantitative estimate of drug-likeness (QED) is 0.642. The SMILES string of the molecule is COc1cccc(N2CCN(C(=O)Cn3nc(-c4ccncc4)ccc3=O)CC2)c1. The Morgan fingerprint density at radius 3 is 2.53 bits per heavy atom. The zero-order chi connectivity index (χ0) is 20.9. The van der Waals surface area contributed by atoms with Gasteiger partial charge in [-0.1, -0.05) is 6.07 Å². The molecule has 0 atom stereocenters. The number of benzene rings is 1. The number of hydrogen-bond donors (Lipinski definition) is 0. The fourth-order valence-corrected chi connectivity index (χ4v) is 3.49. The predicted molar refractivity (Wildman–Crippen MR) is 114 cm³/mol. The minimum atomic E-state index is -0.295. The average Bonchev–Trinajstić information content (AvgIpc) is 2.81. The molecule has 0 unspecified atom stereocenters. The van der Waals surface area contributed by atoms with E-state index >= 15 is 0 Å². The van der Waals surface area contributed by atoms with Gasteiger partial charge in [-0.15, -0.1) is 0 Å². The van der Waals surface area contributed by atoms with Gasteiger partial charge in [0.15, 0.2) is 0 Å². The Morgan fingerprint density at radius 1 is 1.03 bits per heavy atom. The van der Waals surface area contributed by atoms with Crippen LogP contribution in [0.15, 0.2) is 65.7 Å². The van der Waals surface area contributed by atoms with Crippen molar-refractivity contribution in [3.05, 3.63) is 71.3 Å². The molecule has 0 bridgehead atoms. The Bertz CT molecular complexity index is 1080. The molecule has 1 aromatic carbocycles. The van der Waals surface area contributed by atoms with Crippen molar-refractivity contribution in [1.82, 2.24) is 19.7 Å². The summed E-state index contributed by atoms with van der Waals surface area (Å²) in [6, 6.07) is 14.6. The molecule has 1 aliphatic heterocycles. The van der Waals surface area contributed by atoms with Gasteiger partial charge in [0.25, 0.3) is 5.56 Å². The Hall–Kier alpha value is -3.68. The molecular formula is C22H23N5O3. The number of hydrogen-bond acceptors (Lipinski definition) is 6. The minimum Gasteiger partial charge on any atom is -0.497 e. The first-order valence-corrected chi connectivity index (χ1v) is 9.79. The van der Waals surface area contributed by atoms with Crippen LogP contribution in [-0.2, 0) is 11.3 Å². The molecule has 8 heteroatoms.